The number of aryl methyl sites for hydroxylation is 1. The fourth-order valence-electron chi connectivity index (χ4n) is 3.55. The molecule has 0 aliphatic carbocycles. The van der Waals surface area contributed by atoms with E-state index in [1.807, 2.05) is 0 Å². The summed E-state index contributed by atoms with van der Waals surface area (Å²) in [6.07, 6.45) is 4.56. The van der Waals surface area contributed by atoms with Gasteiger partial charge in [-0.3, -0.25) is 0 Å². The maximum absolute atomic E-state index is 6.37. The number of rotatable bonds is 7. The Balaban J connectivity index is 1.65. The third-order valence-electron chi connectivity index (χ3n) is 5.90. The van der Waals surface area contributed by atoms with Crippen LogP contribution in [0.5, 0.6) is 0 Å². The van der Waals surface area contributed by atoms with Crippen LogP contribution in [0.1, 0.15) is 63.9 Å². The molecule has 1 fully saturated rings. The van der Waals surface area contributed by atoms with Crippen molar-refractivity contribution in [2.45, 2.75) is 70.4 Å². The normalized spacial score (nSPS) is 19.5. The van der Waals surface area contributed by atoms with E-state index in [2.05, 4.69) is 88.4 Å². The molecule has 2 aromatic rings. The van der Waals surface area contributed by atoms with E-state index < -0.39 is 0 Å². The standard InChI is InChI=1S/C23H31BO2/c1-22(2)23(3,4)26-24(25-22)21(20-16-9-6-10-17-20)18-12-11-15-19-13-7-5-8-14-19/h5-10,13-14,16-17,21H,11-12,15,18H2,1-4H3. The Morgan fingerprint density at radius 3 is 1.88 bits per heavy atom. The Hall–Kier alpha value is -1.58. The molecule has 0 radical (unpaired) electrons. The molecule has 1 saturated heterocycles. The molecule has 0 amide bonds. The van der Waals surface area contributed by atoms with E-state index in [4.69, 9.17) is 9.31 Å². The molecule has 0 N–H and O–H groups in total. The minimum Gasteiger partial charge on any atom is -0.403 e. The highest BCUT2D eigenvalue weighted by molar-refractivity contribution is 6.47. The van der Waals surface area contributed by atoms with Crippen LogP contribution < -0.4 is 0 Å². The highest BCUT2D eigenvalue weighted by Crippen LogP contribution is 2.42. The van der Waals surface area contributed by atoms with E-state index in [0.717, 1.165) is 12.8 Å². The minimum atomic E-state index is -0.283. The molecule has 138 valence electrons. The second-order valence-electron chi connectivity index (χ2n) is 8.37. The van der Waals surface area contributed by atoms with Crippen LogP contribution in [0.3, 0.4) is 0 Å². The van der Waals surface area contributed by atoms with Crippen LogP contribution in [0.2, 0.25) is 0 Å². The largest absolute Gasteiger partial charge is 0.465 e. The molecule has 1 atom stereocenters. The van der Waals surface area contributed by atoms with Gasteiger partial charge in [0.1, 0.15) is 0 Å². The summed E-state index contributed by atoms with van der Waals surface area (Å²) in [5.74, 6) is 0.271. The van der Waals surface area contributed by atoms with Crippen molar-refractivity contribution in [2.75, 3.05) is 0 Å². The fraction of sp³-hybridized carbons (Fsp3) is 0.478. The average Bonchev–Trinajstić information content (AvgIpc) is 2.84. The number of hydrogen-bond acceptors (Lipinski definition) is 2. The Kier molecular flexibility index (Phi) is 5.89. The van der Waals surface area contributed by atoms with E-state index in [-0.39, 0.29) is 24.1 Å². The lowest BCUT2D eigenvalue weighted by Gasteiger charge is -2.32. The summed E-state index contributed by atoms with van der Waals surface area (Å²) >= 11 is 0. The van der Waals surface area contributed by atoms with Crippen LogP contribution in [-0.4, -0.2) is 18.3 Å². The summed E-state index contributed by atoms with van der Waals surface area (Å²) in [5.41, 5.74) is 2.16. The Morgan fingerprint density at radius 2 is 1.31 bits per heavy atom. The van der Waals surface area contributed by atoms with E-state index in [0.29, 0.717) is 0 Å². The molecule has 2 aromatic carbocycles. The van der Waals surface area contributed by atoms with Crippen LogP contribution >= 0.6 is 0 Å². The summed E-state index contributed by atoms with van der Waals surface area (Å²) in [7, 11) is -0.181. The van der Waals surface area contributed by atoms with Gasteiger partial charge in [-0.1, -0.05) is 67.1 Å². The molecule has 0 bridgehead atoms. The average molecular weight is 350 g/mol. The highest BCUT2D eigenvalue weighted by Gasteiger charge is 2.53. The molecule has 2 nitrogen and oxygen atoms in total. The summed E-state index contributed by atoms with van der Waals surface area (Å²) in [6, 6.07) is 21.4. The Labute approximate surface area is 159 Å². The molecule has 1 aliphatic heterocycles. The van der Waals surface area contributed by atoms with Gasteiger partial charge in [-0.25, -0.2) is 0 Å². The SMILES string of the molecule is CC1(C)OB(C(CCCCc2ccccc2)c2ccccc2)OC1(C)C. The molecule has 1 aliphatic rings. The molecule has 0 spiro atoms. The quantitative estimate of drug-likeness (QED) is 0.463. The van der Waals surface area contributed by atoms with Crippen LogP contribution in [0, 0.1) is 0 Å². The van der Waals surface area contributed by atoms with E-state index in [1.165, 1.54) is 24.0 Å². The van der Waals surface area contributed by atoms with Crippen molar-refractivity contribution in [3.8, 4) is 0 Å². The first-order valence-electron chi connectivity index (χ1n) is 9.83. The fourth-order valence-corrected chi connectivity index (χ4v) is 3.55. The molecule has 0 saturated carbocycles. The second-order valence-corrected chi connectivity index (χ2v) is 8.37. The van der Waals surface area contributed by atoms with Gasteiger partial charge in [0.2, 0.25) is 0 Å². The first-order valence-corrected chi connectivity index (χ1v) is 9.83. The topological polar surface area (TPSA) is 18.5 Å². The molecule has 1 unspecified atom stereocenters. The molecule has 26 heavy (non-hydrogen) atoms. The van der Waals surface area contributed by atoms with Crippen molar-refractivity contribution in [3.05, 3.63) is 71.8 Å². The van der Waals surface area contributed by atoms with Gasteiger partial charge in [-0.05, 0) is 58.1 Å². The highest BCUT2D eigenvalue weighted by atomic mass is 16.7. The molecular weight excluding hydrogens is 319 g/mol. The van der Waals surface area contributed by atoms with Crippen LogP contribution in [0.4, 0.5) is 0 Å². The van der Waals surface area contributed by atoms with Gasteiger partial charge in [-0.15, -0.1) is 0 Å². The van der Waals surface area contributed by atoms with Crippen molar-refractivity contribution in [1.29, 1.82) is 0 Å². The number of hydrogen-bond donors (Lipinski definition) is 0. The smallest absolute Gasteiger partial charge is 0.403 e. The summed E-state index contributed by atoms with van der Waals surface area (Å²) in [4.78, 5) is 0. The van der Waals surface area contributed by atoms with Gasteiger partial charge in [-0.2, -0.15) is 0 Å². The first kappa shape index (κ1) is 19.2. The summed E-state index contributed by atoms with van der Waals surface area (Å²) in [6.45, 7) is 8.52. The van der Waals surface area contributed by atoms with Gasteiger partial charge >= 0.3 is 7.12 Å². The maximum Gasteiger partial charge on any atom is 0.465 e. The van der Waals surface area contributed by atoms with Crippen molar-refractivity contribution in [3.63, 3.8) is 0 Å². The Bertz CT molecular complexity index is 666. The molecule has 1 heterocycles. The second kappa shape index (κ2) is 7.98. The molecule has 3 heteroatoms. The van der Waals surface area contributed by atoms with Crippen molar-refractivity contribution in [1.82, 2.24) is 0 Å². The summed E-state index contributed by atoms with van der Waals surface area (Å²) < 4.78 is 12.7. The third kappa shape index (κ3) is 4.39. The van der Waals surface area contributed by atoms with Gasteiger partial charge in [0.15, 0.2) is 0 Å². The lowest BCUT2D eigenvalue weighted by Crippen LogP contribution is -2.41. The number of benzene rings is 2. The van der Waals surface area contributed by atoms with E-state index in [1.54, 1.807) is 0 Å². The van der Waals surface area contributed by atoms with Gasteiger partial charge in [0, 0.05) is 5.82 Å². The first-order chi connectivity index (χ1) is 12.4. The zero-order valence-corrected chi connectivity index (χ0v) is 16.6. The van der Waals surface area contributed by atoms with Crippen LogP contribution in [-0.2, 0) is 15.7 Å². The zero-order chi connectivity index (χ0) is 18.6. The van der Waals surface area contributed by atoms with Crippen molar-refractivity contribution < 1.29 is 9.31 Å². The van der Waals surface area contributed by atoms with Crippen molar-refractivity contribution in [2.24, 2.45) is 0 Å². The zero-order valence-electron chi connectivity index (χ0n) is 16.6. The maximum atomic E-state index is 6.37. The molecule has 3 rings (SSSR count). The van der Waals surface area contributed by atoms with E-state index >= 15 is 0 Å². The lowest BCUT2D eigenvalue weighted by molar-refractivity contribution is 0.00578. The van der Waals surface area contributed by atoms with E-state index in [9.17, 15) is 0 Å². The van der Waals surface area contributed by atoms with Gasteiger partial charge in [0.25, 0.3) is 0 Å². The minimum absolute atomic E-state index is 0.181. The number of unbranched alkanes of at least 4 members (excludes halogenated alkanes) is 1. The Morgan fingerprint density at radius 1 is 0.769 bits per heavy atom. The molecular formula is C23H31BO2. The van der Waals surface area contributed by atoms with Crippen LogP contribution in [0.25, 0.3) is 0 Å². The predicted molar refractivity (Wildman–Crippen MR) is 109 cm³/mol. The third-order valence-corrected chi connectivity index (χ3v) is 5.90. The lowest BCUT2D eigenvalue weighted by atomic mass is 9.65. The predicted octanol–water partition coefficient (Wildman–Crippen LogP) is 5.81. The van der Waals surface area contributed by atoms with Gasteiger partial charge < -0.3 is 9.31 Å². The van der Waals surface area contributed by atoms with Crippen LogP contribution in [0.15, 0.2) is 60.7 Å². The van der Waals surface area contributed by atoms with Gasteiger partial charge in [0.05, 0.1) is 11.2 Å². The van der Waals surface area contributed by atoms with Crippen molar-refractivity contribution >= 4 is 7.12 Å². The molecule has 0 aromatic heterocycles. The monoisotopic (exact) mass is 350 g/mol. The summed E-state index contributed by atoms with van der Waals surface area (Å²) in [5, 5.41) is 0.